The fourth-order valence-electron chi connectivity index (χ4n) is 6.35. The molecule has 7 nitrogen and oxygen atoms in total. The molecule has 2 aliphatic carbocycles. The first kappa shape index (κ1) is 68.1. The number of hydrogen-bond acceptors (Lipinski definition) is 7. The van der Waals surface area contributed by atoms with Crippen LogP contribution < -0.4 is 0 Å². The molecule has 2 fully saturated rings. The number of hydrogen-bond donors (Lipinski definition) is 1. The highest BCUT2D eigenvalue weighted by atomic mass is 16.5. The first-order valence-electron chi connectivity index (χ1n) is 20.8. The van der Waals surface area contributed by atoms with E-state index in [-0.39, 0.29) is 99.5 Å². The molecule has 0 aromatic rings. The molecule has 6 unspecified atom stereocenters. The largest absolute Gasteiger partial charge is 0.465 e. The first-order valence-corrected chi connectivity index (χ1v) is 20.8. The van der Waals surface area contributed by atoms with Crippen molar-refractivity contribution in [1.29, 1.82) is 0 Å². The van der Waals surface area contributed by atoms with Gasteiger partial charge in [-0.1, -0.05) is 189 Å². The molecule has 0 heterocycles. The second-order valence-electron chi connectivity index (χ2n) is 14.9. The minimum Gasteiger partial charge on any atom is -0.465 e. The van der Waals surface area contributed by atoms with Crippen LogP contribution in [0.1, 0.15) is 241 Å². The molecule has 7 heteroatoms. The van der Waals surface area contributed by atoms with Crippen molar-refractivity contribution in [2.45, 2.75) is 247 Å². The molecule has 55 heavy (non-hydrogen) atoms. The number of esters is 3. The summed E-state index contributed by atoms with van der Waals surface area (Å²) in [5.74, 6) is 1.40. The van der Waals surface area contributed by atoms with Gasteiger partial charge in [-0.05, 0) is 63.2 Å². The Bertz CT molecular complexity index is 801. The molecular weight excluding hydrogens is 689 g/mol. The van der Waals surface area contributed by atoms with E-state index in [1.807, 2.05) is 34.6 Å². The van der Waals surface area contributed by atoms with Gasteiger partial charge in [0.2, 0.25) is 0 Å². The van der Waals surface area contributed by atoms with Crippen LogP contribution in [0.5, 0.6) is 0 Å². The number of ether oxygens (including phenoxy) is 3. The Morgan fingerprint density at radius 2 is 0.873 bits per heavy atom. The number of carbonyl (C=O) groups excluding carboxylic acids is 3. The molecule has 2 rings (SSSR count). The molecule has 0 aromatic heterocycles. The summed E-state index contributed by atoms with van der Waals surface area (Å²) in [7, 11) is 0. The molecule has 6 atom stereocenters. The second-order valence-corrected chi connectivity index (χ2v) is 14.9. The van der Waals surface area contributed by atoms with E-state index in [0.29, 0.717) is 12.5 Å². The van der Waals surface area contributed by atoms with Crippen LogP contribution in [-0.2, 0) is 28.6 Å². The third kappa shape index (κ3) is 36.5. The smallest absolute Gasteiger partial charge is 0.308 e. The minimum atomic E-state index is -0.225. The van der Waals surface area contributed by atoms with Crippen molar-refractivity contribution in [3.05, 3.63) is 0 Å². The Morgan fingerprint density at radius 3 is 1.20 bits per heavy atom. The molecule has 2 aliphatic rings. The molecule has 0 aliphatic heterocycles. The van der Waals surface area contributed by atoms with Crippen molar-refractivity contribution in [3.8, 4) is 0 Å². The van der Waals surface area contributed by atoms with Crippen molar-refractivity contribution in [2.75, 3.05) is 19.8 Å². The summed E-state index contributed by atoms with van der Waals surface area (Å²) in [4.78, 5) is 33.9. The maximum Gasteiger partial charge on any atom is 0.308 e. The summed E-state index contributed by atoms with van der Waals surface area (Å²) in [5.41, 5.74) is 0. The zero-order valence-corrected chi connectivity index (χ0v) is 33.2. The van der Waals surface area contributed by atoms with Gasteiger partial charge in [-0.2, -0.15) is 0 Å². The van der Waals surface area contributed by atoms with E-state index in [1.54, 1.807) is 6.92 Å². The van der Waals surface area contributed by atoms with E-state index < -0.39 is 0 Å². The Balaban J connectivity index is -0.000000131. The maximum absolute atomic E-state index is 11.6. The highest BCUT2D eigenvalue weighted by molar-refractivity contribution is 5.72. The van der Waals surface area contributed by atoms with Crippen LogP contribution in [-0.4, -0.2) is 48.9 Å². The van der Waals surface area contributed by atoms with E-state index in [2.05, 4.69) is 11.7 Å². The molecule has 0 radical (unpaired) electrons. The summed E-state index contributed by atoms with van der Waals surface area (Å²) in [6.07, 6.45) is 29.8. The van der Waals surface area contributed by atoms with Crippen LogP contribution in [0, 0.1) is 29.6 Å². The SMILES string of the molecule is C.C.C.C.C.C.CCC(C)C(=O)OC1CC2CCC1C2.CCC(C)C(=O)OCCO.CCCCCCCCCCCCCCCCCCOC(=O)C(C)CC. The average molecular weight is 793 g/mol. The fourth-order valence-corrected chi connectivity index (χ4v) is 6.35. The minimum absolute atomic E-state index is 0. The lowest BCUT2D eigenvalue weighted by atomic mass is 9.97. The van der Waals surface area contributed by atoms with Crippen LogP contribution in [0.2, 0.25) is 0 Å². The van der Waals surface area contributed by atoms with E-state index in [9.17, 15) is 14.4 Å². The van der Waals surface area contributed by atoms with Gasteiger partial charge in [0.1, 0.15) is 12.7 Å². The highest BCUT2D eigenvalue weighted by Gasteiger charge is 2.41. The van der Waals surface area contributed by atoms with E-state index in [1.165, 1.54) is 116 Å². The van der Waals surface area contributed by atoms with Crippen LogP contribution in [0.25, 0.3) is 0 Å². The van der Waals surface area contributed by atoms with Gasteiger partial charge >= 0.3 is 17.9 Å². The Kier molecular flexibility index (Phi) is 57.9. The lowest BCUT2D eigenvalue weighted by Crippen LogP contribution is -2.26. The standard InChI is InChI=1S/C23H46O2.C12H20O2.C7H14O3.6CH4/c1-4-6-7-8-9-10-11-12-13-14-15-16-17-18-19-20-21-25-23(24)22(3)5-2;1-3-8(2)12(13)14-11-7-9-4-5-10(11)6-9;1-3-6(2)7(9)10-5-4-8;;;;;;/h22H,4-21H2,1-3H3;8-11H,3-7H2,1-2H3;6,8H,3-5H2,1-2H3;6*1H4. The summed E-state index contributed by atoms with van der Waals surface area (Å²) in [6, 6.07) is 0. The predicted octanol–water partition coefficient (Wildman–Crippen LogP) is 15.0. The lowest BCUT2D eigenvalue weighted by Gasteiger charge is -2.23. The molecule has 0 saturated heterocycles. The first-order chi connectivity index (χ1) is 23.6. The van der Waals surface area contributed by atoms with Gasteiger partial charge in [-0.15, -0.1) is 0 Å². The molecule has 338 valence electrons. The third-order valence-corrected chi connectivity index (χ3v) is 10.6. The van der Waals surface area contributed by atoms with Crippen molar-refractivity contribution in [1.82, 2.24) is 0 Å². The number of rotatable bonds is 26. The topological polar surface area (TPSA) is 99.1 Å². The predicted molar refractivity (Wildman–Crippen MR) is 243 cm³/mol. The van der Waals surface area contributed by atoms with Gasteiger partial charge < -0.3 is 19.3 Å². The van der Waals surface area contributed by atoms with Gasteiger partial charge in [-0.25, -0.2) is 0 Å². The van der Waals surface area contributed by atoms with Crippen LogP contribution in [0.4, 0.5) is 0 Å². The van der Waals surface area contributed by atoms with Crippen molar-refractivity contribution < 1.29 is 33.7 Å². The van der Waals surface area contributed by atoms with Gasteiger partial charge in [0.05, 0.1) is 31.0 Å². The molecular formula is C48H104O7. The molecule has 1 N–H and O–H groups in total. The fraction of sp³-hybridized carbons (Fsp3) is 0.938. The van der Waals surface area contributed by atoms with Gasteiger partial charge in [-0.3, -0.25) is 14.4 Å². The summed E-state index contributed by atoms with van der Waals surface area (Å²) in [6.45, 7) is 14.6. The number of aliphatic hydroxyl groups is 1. The number of unbranched alkanes of at least 4 members (excludes halogenated alkanes) is 15. The Hall–Kier alpha value is -1.63. The number of carbonyl (C=O) groups is 3. The van der Waals surface area contributed by atoms with Gasteiger partial charge in [0.25, 0.3) is 0 Å². The quantitative estimate of drug-likeness (QED) is 0.0529. The number of fused-ring (bicyclic) bond motifs is 2. The second kappa shape index (κ2) is 46.8. The summed E-state index contributed by atoms with van der Waals surface area (Å²) < 4.78 is 15.5. The van der Waals surface area contributed by atoms with E-state index >= 15 is 0 Å². The zero-order valence-electron chi connectivity index (χ0n) is 33.2. The van der Waals surface area contributed by atoms with E-state index in [0.717, 1.165) is 38.0 Å². The average Bonchev–Trinajstić information content (AvgIpc) is 3.75. The lowest BCUT2D eigenvalue weighted by molar-refractivity contribution is -0.156. The van der Waals surface area contributed by atoms with Crippen molar-refractivity contribution in [2.24, 2.45) is 29.6 Å². The molecule has 2 saturated carbocycles. The van der Waals surface area contributed by atoms with Gasteiger partial charge in [0, 0.05) is 0 Å². The Labute approximate surface area is 347 Å². The van der Waals surface area contributed by atoms with Crippen LogP contribution in [0.15, 0.2) is 0 Å². The summed E-state index contributed by atoms with van der Waals surface area (Å²) in [5, 5.41) is 8.29. The van der Waals surface area contributed by atoms with Crippen LogP contribution in [0.3, 0.4) is 0 Å². The monoisotopic (exact) mass is 793 g/mol. The van der Waals surface area contributed by atoms with Crippen molar-refractivity contribution >= 4 is 17.9 Å². The van der Waals surface area contributed by atoms with E-state index in [4.69, 9.17) is 14.6 Å². The van der Waals surface area contributed by atoms with Gasteiger partial charge in [0.15, 0.2) is 0 Å². The maximum atomic E-state index is 11.6. The molecule has 0 spiro atoms. The number of aliphatic hydroxyl groups excluding tert-OH is 1. The molecule has 2 bridgehead atoms. The molecule has 0 aromatic carbocycles. The normalized spacial score (nSPS) is 17.3. The zero-order chi connectivity index (χ0) is 36.7. The van der Waals surface area contributed by atoms with Crippen molar-refractivity contribution in [3.63, 3.8) is 0 Å². The Morgan fingerprint density at radius 1 is 0.509 bits per heavy atom. The third-order valence-electron chi connectivity index (χ3n) is 10.6. The molecule has 0 amide bonds. The van der Waals surface area contributed by atoms with Crippen LogP contribution >= 0.6 is 0 Å². The summed E-state index contributed by atoms with van der Waals surface area (Å²) >= 11 is 0. The highest BCUT2D eigenvalue weighted by Crippen LogP contribution is 2.46.